The highest BCUT2D eigenvalue weighted by Crippen LogP contribution is 2.32. The Kier molecular flexibility index (Phi) is 6.07. The molecule has 2 amide bonds. The van der Waals surface area contributed by atoms with Crippen LogP contribution in [0.2, 0.25) is 0 Å². The second-order valence-electron chi connectivity index (χ2n) is 7.09. The van der Waals surface area contributed by atoms with Gasteiger partial charge in [-0.3, -0.25) is 4.98 Å². The van der Waals surface area contributed by atoms with Crippen LogP contribution in [0.5, 0.6) is 0 Å². The fraction of sp³-hybridized carbons (Fsp3) is 0.0870. The van der Waals surface area contributed by atoms with Crippen molar-refractivity contribution in [3.63, 3.8) is 0 Å². The summed E-state index contributed by atoms with van der Waals surface area (Å²) in [5, 5.41) is 4.66. The molecule has 0 saturated carbocycles. The molecule has 6 nitrogen and oxygen atoms in total. The number of imidazole rings is 1. The number of alkyl halides is 3. The molecular weight excluding hydrogens is 438 g/mol. The predicted molar refractivity (Wildman–Crippen MR) is 114 cm³/mol. The molecule has 1 unspecified atom stereocenters. The molecular formula is C23H17F4N5O. The fourth-order valence-electron chi connectivity index (χ4n) is 3.37. The van der Waals surface area contributed by atoms with Crippen LogP contribution in [-0.2, 0) is 6.18 Å². The third kappa shape index (κ3) is 5.17. The first-order chi connectivity index (χ1) is 15.8. The van der Waals surface area contributed by atoms with Gasteiger partial charge in [0.15, 0.2) is 0 Å². The number of amides is 2. The van der Waals surface area contributed by atoms with Gasteiger partial charge in [0.25, 0.3) is 0 Å². The van der Waals surface area contributed by atoms with Crippen LogP contribution in [0.15, 0.2) is 85.7 Å². The number of carbonyl (C=O) groups is 1. The first-order valence-corrected chi connectivity index (χ1v) is 9.73. The van der Waals surface area contributed by atoms with Gasteiger partial charge in [0, 0.05) is 30.5 Å². The van der Waals surface area contributed by atoms with E-state index >= 15 is 0 Å². The van der Waals surface area contributed by atoms with Gasteiger partial charge in [-0.25, -0.2) is 14.2 Å². The summed E-state index contributed by atoms with van der Waals surface area (Å²) in [6, 6.07) is 11.3. The number of halogens is 4. The quantitative estimate of drug-likeness (QED) is 0.378. The minimum Gasteiger partial charge on any atom is -0.326 e. The number of anilines is 2. The molecule has 2 heterocycles. The van der Waals surface area contributed by atoms with E-state index in [1.54, 1.807) is 49.3 Å². The Hall–Kier alpha value is -4.21. The molecule has 0 aliphatic carbocycles. The molecule has 1 atom stereocenters. The van der Waals surface area contributed by atoms with E-state index in [4.69, 9.17) is 0 Å². The van der Waals surface area contributed by atoms with Crippen molar-refractivity contribution in [2.24, 2.45) is 0 Å². The zero-order valence-corrected chi connectivity index (χ0v) is 16.9. The lowest BCUT2D eigenvalue weighted by atomic mass is 9.99. The van der Waals surface area contributed by atoms with Crippen LogP contribution in [0.3, 0.4) is 0 Å². The molecule has 4 rings (SSSR count). The summed E-state index contributed by atoms with van der Waals surface area (Å²) in [7, 11) is 0. The van der Waals surface area contributed by atoms with Crippen molar-refractivity contribution in [2.75, 3.05) is 10.6 Å². The zero-order chi connectivity index (χ0) is 23.4. The lowest BCUT2D eigenvalue weighted by Crippen LogP contribution is -2.21. The third-order valence-electron chi connectivity index (χ3n) is 4.85. The maximum atomic E-state index is 13.9. The molecule has 0 aliphatic rings. The summed E-state index contributed by atoms with van der Waals surface area (Å²) in [5.41, 5.74) is 0.461. The monoisotopic (exact) mass is 455 g/mol. The Balaban J connectivity index is 1.57. The van der Waals surface area contributed by atoms with E-state index in [-0.39, 0.29) is 6.04 Å². The van der Waals surface area contributed by atoms with Crippen LogP contribution >= 0.6 is 0 Å². The van der Waals surface area contributed by atoms with Crippen LogP contribution in [0.1, 0.15) is 22.7 Å². The topological polar surface area (TPSA) is 71.8 Å². The lowest BCUT2D eigenvalue weighted by molar-refractivity contribution is -0.137. The lowest BCUT2D eigenvalue weighted by Gasteiger charge is -2.20. The molecule has 0 bridgehead atoms. The van der Waals surface area contributed by atoms with Crippen molar-refractivity contribution < 1.29 is 22.4 Å². The highest BCUT2D eigenvalue weighted by Gasteiger charge is 2.31. The maximum absolute atomic E-state index is 13.9. The van der Waals surface area contributed by atoms with Crippen molar-refractivity contribution >= 4 is 17.4 Å². The van der Waals surface area contributed by atoms with Crippen molar-refractivity contribution in [3.8, 4) is 0 Å². The van der Waals surface area contributed by atoms with Gasteiger partial charge in [-0.2, -0.15) is 13.2 Å². The van der Waals surface area contributed by atoms with Crippen molar-refractivity contribution in [1.29, 1.82) is 0 Å². The van der Waals surface area contributed by atoms with Crippen molar-refractivity contribution in [1.82, 2.24) is 14.5 Å². The largest absolute Gasteiger partial charge is 0.416 e. The SMILES string of the molecule is O=C(Nc1cccc(C(c2ccncc2)n2ccnc2)c1)Nc1cc(C(F)(F)F)ccc1F. The highest BCUT2D eigenvalue weighted by molar-refractivity contribution is 5.99. The average Bonchev–Trinajstić information content (AvgIpc) is 3.30. The summed E-state index contributed by atoms with van der Waals surface area (Å²) in [4.78, 5) is 20.5. The third-order valence-corrected chi connectivity index (χ3v) is 4.85. The van der Waals surface area contributed by atoms with E-state index in [1.165, 1.54) is 0 Å². The predicted octanol–water partition coefficient (Wildman–Crippen LogP) is 5.72. The van der Waals surface area contributed by atoms with E-state index < -0.39 is 29.3 Å². The molecule has 2 aromatic carbocycles. The van der Waals surface area contributed by atoms with Gasteiger partial charge >= 0.3 is 12.2 Å². The number of nitrogens with zero attached hydrogens (tertiary/aromatic N) is 3. The number of benzene rings is 2. The summed E-state index contributed by atoms with van der Waals surface area (Å²) >= 11 is 0. The molecule has 10 heteroatoms. The fourth-order valence-corrected chi connectivity index (χ4v) is 3.37. The minimum absolute atomic E-state index is 0.263. The van der Waals surface area contributed by atoms with Gasteiger partial charge in [0.05, 0.1) is 23.6 Å². The Bertz CT molecular complexity index is 1240. The first kappa shape index (κ1) is 22.0. The standard InChI is InChI=1S/C23H17F4N5O/c24-19-5-4-17(23(25,26)27)13-20(19)31-22(33)30-18-3-1-2-16(12-18)21(32-11-10-29-14-32)15-6-8-28-9-7-15/h1-14,21H,(H2,30,31,33). The minimum atomic E-state index is -4.66. The van der Waals surface area contributed by atoms with Gasteiger partial charge in [0.2, 0.25) is 0 Å². The van der Waals surface area contributed by atoms with Crippen LogP contribution in [0.4, 0.5) is 33.7 Å². The van der Waals surface area contributed by atoms with Gasteiger partial charge in [-0.05, 0) is 53.6 Å². The van der Waals surface area contributed by atoms with E-state index in [9.17, 15) is 22.4 Å². The van der Waals surface area contributed by atoms with Crippen molar-refractivity contribution in [2.45, 2.75) is 12.2 Å². The van der Waals surface area contributed by atoms with E-state index in [0.717, 1.165) is 11.1 Å². The van der Waals surface area contributed by atoms with Crippen LogP contribution in [0.25, 0.3) is 0 Å². The Morgan fingerprint density at radius 1 is 0.909 bits per heavy atom. The van der Waals surface area contributed by atoms with E-state index in [1.807, 2.05) is 22.8 Å². The molecule has 0 fully saturated rings. The molecule has 33 heavy (non-hydrogen) atoms. The van der Waals surface area contributed by atoms with Crippen molar-refractivity contribution in [3.05, 3.63) is 108 Å². The molecule has 0 spiro atoms. The molecule has 2 N–H and O–H groups in total. The number of urea groups is 1. The van der Waals surface area contributed by atoms with Gasteiger partial charge in [0.1, 0.15) is 5.82 Å². The number of carbonyl (C=O) groups excluding carboxylic acids is 1. The number of rotatable bonds is 5. The van der Waals surface area contributed by atoms with Gasteiger partial charge in [-0.1, -0.05) is 12.1 Å². The van der Waals surface area contributed by atoms with Gasteiger partial charge in [-0.15, -0.1) is 0 Å². The smallest absolute Gasteiger partial charge is 0.326 e. The van der Waals surface area contributed by atoms with E-state index in [0.29, 0.717) is 23.9 Å². The Morgan fingerprint density at radius 2 is 1.70 bits per heavy atom. The average molecular weight is 455 g/mol. The number of nitrogens with one attached hydrogen (secondary N) is 2. The first-order valence-electron chi connectivity index (χ1n) is 9.73. The molecule has 2 aromatic heterocycles. The number of hydrogen-bond acceptors (Lipinski definition) is 3. The van der Waals surface area contributed by atoms with E-state index in [2.05, 4.69) is 20.6 Å². The highest BCUT2D eigenvalue weighted by atomic mass is 19.4. The summed E-state index contributed by atoms with van der Waals surface area (Å²) in [6.45, 7) is 0. The second kappa shape index (κ2) is 9.11. The molecule has 168 valence electrons. The molecule has 0 radical (unpaired) electrons. The van der Waals surface area contributed by atoms with Crippen LogP contribution in [0, 0.1) is 5.82 Å². The summed E-state index contributed by atoms with van der Waals surface area (Å²) in [6.07, 6.45) is 3.77. The van der Waals surface area contributed by atoms with Crippen LogP contribution in [-0.4, -0.2) is 20.6 Å². The number of aromatic nitrogens is 3. The number of pyridine rings is 1. The maximum Gasteiger partial charge on any atom is 0.416 e. The Morgan fingerprint density at radius 3 is 2.39 bits per heavy atom. The van der Waals surface area contributed by atoms with Gasteiger partial charge < -0.3 is 15.2 Å². The zero-order valence-electron chi connectivity index (χ0n) is 16.9. The normalized spacial score (nSPS) is 12.2. The summed E-state index contributed by atoms with van der Waals surface area (Å²) in [5.74, 6) is -0.982. The second-order valence-corrected chi connectivity index (χ2v) is 7.09. The van der Waals surface area contributed by atoms with Crippen LogP contribution < -0.4 is 10.6 Å². The number of hydrogen-bond donors (Lipinski definition) is 2. The Labute approximate surface area is 185 Å². The molecule has 4 aromatic rings. The molecule has 0 aliphatic heterocycles. The molecule has 0 saturated heterocycles. The summed E-state index contributed by atoms with van der Waals surface area (Å²) < 4.78 is 54.5.